The van der Waals surface area contributed by atoms with Crippen LogP contribution in [0.5, 0.6) is 17.4 Å². The number of furan rings is 1. The molecule has 0 saturated carbocycles. The van der Waals surface area contributed by atoms with Crippen molar-refractivity contribution in [2.75, 3.05) is 20.4 Å². The Labute approximate surface area is 236 Å². The fourth-order valence-corrected chi connectivity index (χ4v) is 5.52. The van der Waals surface area contributed by atoms with E-state index >= 15 is 0 Å². The number of rotatable bonds is 10. The van der Waals surface area contributed by atoms with Crippen LogP contribution in [0.2, 0.25) is 25.7 Å². The first-order valence-corrected chi connectivity index (χ1v) is 16.8. The lowest BCUT2D eigenvalue weighted by atomic mass is 9.95. The first-order chi connectivity index (χ1) is 19.4. The minimum atomic E-state index is -1.92. The summed E-state index contributed by atoms with van der Waals surface area (Å²) in [6.07, 6.45) is 3.14. The number of amides is 3. The molecule has 1 fully saturated rings. The number of pyridine rings is 1. The zero-order chi connectivity index (χ0) is 29.5. The number of ether oxygens (including phenoxy) is 3. The lowest BCUT2D eigenvalue weighted by Gasteiger charge is -2.26. The molecular formula is C28H32N4O8Si. The molecule has 1 aliphatic rings. The summed E-state index contributed by atoms with van der Waals surface area (Å²) in [5, 5.41) is 15.1. The number of nitrogens with zero attached hydrogens (tertiary/aromatic N) is 3. The fourth-order valence-electron chi connectivity index (χ4n) is 4.77. The van der Waals surface area contributed by atoms with E-state index in [0.29, 0.717) is 23.1 Å². The normalized spacial score (nSPS) is 17.4. The number of methoxy groups -OCH3 is 1. The first kappa shape index (κ1) is 28.2. The lowest BCUT2D eigenvalue weighted by molar-refractivity contribution is -0.137. The zero-order valence-electron chi connectivity index (χ0n) is 23.5. The van der Waals surface area contributed by atoms with Crippen molar-refractivity contribution in [1.82, 2.24) is 19.8 Å². The summed E-state index contributed by atoms with van der Waals surface area (Å²) in [6.45, 7) is 7.62. The molecular weight excluding hydrogens is 548 g/mol. The molecule has 13 heteroatoms. The highest BCUT2D eigenvalue weighted by Gasteiger charge is 2.57. The first-order valence-electron chi connectivity index (χ1n) is 13.1. The second kappa shape index (κ2) is 10.6. The zero-order valence-corrected chi connectivity index (χ0v) is 24.5. The molecule has 12 nitrogen and oxygen atoms in total. The van der Waals surface area contributed by atoms with Crippen LogP contribution in [0.15, 0.2) is 47.1 Å². The SMILES string of the molecule is COc1ccc2cn(C[C@@]3(c4oc5cccnc5c4OC(C)=O)NC(=O)N(COCC[Si](C)(C)C)C3=O)c(O)c2c1. The quantitative estimate of drug-likeness (QED) is 0.122. The van der Waals surface area contributed by atoms with Crippen LogP contribution in [0, 0.1) is 0 Å². The second-order valence-corrected chi connectivity index (χ2v) is 16.8. The second-order valence-electron chi connectivity index (χ2n) is 11.2. The van der Waals surface area contributed by atoms with Crippen molar-refractivity contribution in [3.05, 3.63) is 48.5 Å². The molecule has 5 rings (SSSR count). The van der Waals surface area contributed by atoms with Crippen molar-refractivity contribution in [1.29, 1.82) is 0 Å². The Morgan fingerprint density at radius 3 is 2.71 bits per heavy atom. The summed E-state index contributed by atoms with van der Waals surface area (Å²) < 4.78 is 24.1. The van der Waals surface area contributed by atoms with Gasteiger partial charge in [-0.25, -0.2) is 14.7 Å². The van der Waals surface area contributed by atoms with Gasteiger partial charge in [-0.3, -0.25) is 9.59 Å². The maximum Gasteiger partial charge on any atom is 0.327 e. The van der Waals surface area contributed by atoms with Gasteiger partial charge in [-0.1, -0.05) is 19.6 Å². The summed E-state index contributed by atoms with van der Waals surface area (Å²) in [7, 11) is 0.106. The molecule has 0 bridgehead atoms. The molecule has 4 aromatic rings. The molecule has 1 aliphatic heterocycles. The van der Waals surface area contributed by atoms with Gasteiger partial charge >= 0.3 is 12.0 Å². The Kier molecular flexibility index (Phi) is 7.26. The highest BCUT2D eigenvalue weighted by Crippen LogP contribution is 2.44. The van der Waals surface area contributed by atoms with Crippen LogP contribution in [0.25, 0.3) is 21.9 Å². The van der Waals surface area contributed by atoms with Gasteiger partial charge in [0, 0.05) is 44.8 Å². The number of urea groups is 1. The number of aromatic hydroxyl groups is 1. The van der Waals surface area contributed by atoms with Crippen LogP contribution in [-0.4, -0.2) is 66.0 Å². The molecule has 0 radical (unpaired) electrons. The maximum atomic E-state index is 14.2. The molecule has 216 valence electrons. The summed E-state index contributed by atoms with van der Waals surface area (Å²) >= 11 is 0. The molecule has 3 aromatic heterocycles. The average molecular weight is 581 g/mol. The monoisotopic (exact) mass is 580 g/mol. The Morgan fingerprint density at radius 2 is 2.00 bits per heavy atom. The molecule has 3 amide bonds. The van der Waals surface area contributed by atoms with Crippen molar-refractivity contribution in [2.45, 2.75) is 44.7 Å². The van der Waals surface area contributed by atoms with Crippen molar-refractivity contribution in [2.24, 2.45) is 0 Å². The Bertz CT molecular complexity index is 1660. The third-order valence-electron chi connectivity index (χ3n) is 6.91. The Hall–Kier alpha value is -4.36. The van der Waals surface area contributed by atoms with E-state index in [4.69, 9.17) is 18.6 Å². The third kappa shape index (κ3) is 5.25. The van der Waals surface area contributed by atoms with Crippen LogP contribution < -0.4 is 14.8 Å². The van der Waals surface area contributed by atoms with Crippen molar-refractivity contribution in [3.8, 4) is 17.4 Å². The fraction of sp³-hybridized carbons (Fsp3) is 0.357. The van der Waals surface area contributed by atoms with Crippen molar-refractivity contribution in [3.63, 3.8) is 0 Å². The maximum absolute atomic E-state index is 14.2. The highest BCUT2D eigenvalue weighted by atomic mass is 28.3. The standard InChI is InChI=1S/C28H32N4O8Si/c1-17(33)39-23-22-21(7-6-10-29-22)40-24(23)28(15-31-14-18-8-9-19(37-2)13-20(18)25(31)34)26(35)32(27(36)30-28)16-38-11-12-41(3,4)5/h6-10,13-14,34H,11-12,15-16H2,1-5H3,(H,30,36)/t28-/m0/s1. The Balaban J connectivity index is 1.62. The number of carbonyl (C=O) groups is 3. The van der Waals surface area contributed by atoms with E-state index in [2.05, 4.69) is 29.9 Å². The van der Waals surface area contributed by atoms with E-state index in [9.17, 15) is 19.5 Å². The minimum absolute atomic E-state index is 0.0962. The smallest absolute Gasteiger partial charge is 0.327 e. The van der Waals surface area contributed by atoms with Crippen LogP contribution in [0.1, 0.15) is 12.7 Å². The van der Waals surface area contributed by atoms with E-state index in [1.807, 2.05) is 0 Å². The van der Waals surface area contributed by atoms with Gasteiger partial charge in [0.15, 0.2) is 22.7 Å². The minimum Gasteiger partial charge on any atom is -0.497 e. The molecule has 2 N–H and O–H groups in total. The van der Waals surface area contributed by atoms with Crippen LogP contribution >= 0.6 is 0 Å². The van der Waals surface area contributed by atoms with Gasteiger partial charge in [-0.15, -0.1) is 0 Å². The number of fused-ring (bicyclic) bond motifs is 2. The average Bonchev–Trinajstić information content (AvgIpc) is 3.51. The van der Waals surface area contributed by atoms with Gasteiger partial charge in [0.2, 0.25) is 11.3 Å². The lowest BCUT2D eigenvalue weighted by Crippen LogP contribution is -2.47. The van der Waals surface area contributed by atoms with E-state index in [-0.39, 0.29) is 41.8 Å². The van der Waals surface area contributed by atoms with Gasteiger partial charge in [-0.2, -0.15) is 0 Å². The largest absolute Gasteiger partial charge is 0.497 e. The number of aromatic nitrogens is 2. The number of nitrogens with one attached hydrogen (secondary N) is 1. The third-order valence-corrected chi connectivity index (χ3v) is 8.61. The predicted octanol–water partition coefficient (Wildman–Crippen LogP) is 4.18. The summed E-state index contributed by atoms with van der Waals surface area (Å²) in [5.74, 6) is -1.21. The van der Waals surface area contributed by atoms with Crippen LogP contribution in [0.3, 0.4) is 0 Å². The highest BCUT2D eigenvalue weighted by molar-refractivity contribution is 6.76. The van der Waals surface area contributed by atoms with E-state index in [1.165, 1.54) is 24.8 Å². The molecule has 1 saturated heterocycles. The number of hydrogen-bond acceptors (Lipinski definition) is 9. The number of esters is 1. The number of imide groups is 1. The van der Waals surface area contributed by atoms with E-state index < -0.39 is 31.5 Å². The van der Waals surface area contributed by atoms with Crippen LogP contribution in [0.4, 0.5) is 4.79 Å². The summed E-state index contributed by atoms with van der Waals surface area (Å²) in [6, 6.07) is 8.54. The van der Waals surface area contributed by atoms with E-state index in [1.54, 1.807) is 36.5 Å². The summed E-state index contributed by atoms with van der Waals surface area (Å²) in [5.41, 5.74) is -1.46. The molecule has 4 heterocycles. The number of benzene rings is 1. The van der Waals surface area contributed by atoms with Crippen molar-refractivity contribution < 1.29 is 38.1 Å². The molecule has 1 aromatic carbocycles. The summed E-state index contributed by atoms with van der Waals surface area (Å²) in [4.78, 5) is 44.9. The molecule has 1 atom stereocenters. The molecule has 0 aliphatic carbocycles. The number of carbonyl (C=O) groups excluding carboxylic acids is 3. The number of hydrogen-bond donors (Lipinski definition) is 2. The van der Waals surface area contributed by atoms with Gasteiger partial charge in [0.1, 0.15) is 12.5 Å². The van der Waals surface area contributed by atoms with Gasteiger partial charge in [0.05, 0.1) is 13.7 Å². The van der Waals surface area contributed by atoms with E-state index in [0.717, 1.165) is 10.9 Å². The molecule has 0 spiro atoms. The molecule has 41 heavy (non-hydrogen) atoms. The van der Waals surface area contributed by atoms with Gasteiger partial charge < -0.3 is 33.6 Å². The Morgan fingerprint density at radius 1 is 1.22 bits per heavy atom. The van der Waals surface area contributed by atoms with Crippen LogP contribution in [-0.2, 0) is 26.4 Å². The molecule has 0 unspecified atom stereocenters. The van der Waals surface area contributed by atoms with Crippen molar-refractivity contribution >= 4 is 47.9 Å². The van der Waals surface area contributed by atoms with Gasteiger partial charge in [-0.05, 0) is 36.4 Å². The topological polar surface area (TPSA) is 145 Å². The predicted molar refractivity (Wildman–Crippen MR) is 152 cm³/mol. The van der Waals surface area contributed by atoms with Gasteiger partial charge in [0.25, 0.3) is 5.91 Å².